The highest BCUT2D eigenvalue weighted by Gasteiger charge is 2.43. The molecule has 138 valence electrons. The molecule has 0 saturated heterocycles. The molecule has 0 radical (unpaired) electrons. The number of rotatable bonds is 2. The Balaban J connectivity index is 1.76. The lowest BCUT2D eigenvalue weighted by molar-refractivity contribution is 0.477. The lowest BCUT2D eigenvalue weighted by Crippen LogP contribution is -2.49. The highest BCUT2D eigenvalue weighted by atomic mass is 35.5. The molecule has 0 aliphatic carbocycles. The minimum atomic E-state index is 0.137. The molecule has 0 fully saturated rings. The van der Waals surface area contributed by atoms with Gasteiger partial charge in [-0.2, -0.15) is 0 Å². The van der Waals surface area contributed by atoms with Gasteiger partial charge in [0.1, 0.15) is 23.5 Å². The molecule has 0 amide bonds. The quantitative estimate of drug-likeness (QED) is 0.511. The average molecular weight is 398 g/mol. The summed E-state index contributed by atoms with van der Waals surface area (Å²) in [5.74, 6) is 0. The van der Waals surface area contributed by atoms with E-state index in [1.807, 2.05) is 18.2 Å². The first-order chi connectivity index (χ1) is 12.8. The second-order valence-corrected chi connectivity index (χ2v) is 8.98. The van der Waals surface area contributed by atoms with Crippen molar-refractivity contribution in [1.82, 2.24) is 4.48 Å². The molecular formula is C23H23Cl2N2+. The normalized spacial score (nSPS) is 21.7. The van der Waals surface area contributed by atoms with Crippen molar-refractivity contribution in [3.8, 4) is 0 Å². The summed E-state index contributed by atoms with van der Waals surface area (Å²) in [4.78, 5) is 4.88. The minimum Gasteiger partial charge on any atom is -0.273 e. The Morgan fingerprint density at radius 1 is 1.00 bits per heavy atom. The maximum absolute atomic E-state index is 6.59. The topological polar surface area (TPSA) is 12.4 Å². The average Bonchev–Trinajstić information content (AvgIpc) is 3.06. The molecule has 0 spiro atoms. The van der Waals surface area contributed by atoms with Gasteiger partial charge in [-0.3, -0.25) is 4.99 Å². The number of benzene rings is 2. The zero-order valence-corrected chi connectivity index (χ0v) is 17.3. The number of halogens is 2. The third-order valence-corrected chi connectivity index (χ3v) is 5.89. The van der Waals surface area contributed by atoms with Crippen molar-refractivity contribution in [3.63, 3.8) is 0 Å². The summed E-state index contributed by atoms with van der Waals surface area (Å²) in [5, 5.41) is 1.34. The van der Waals surface area contributed by atoms with Crippen molar-refractivity contribution >= 4 is 34.6 Å². The van der Waals surface area contributed by atoms with E-state index < -0.39 is 0 Å². The van der Waals surface area contributed by atoms with E-state index in [1.54, 1.807) is 0 Å². The zero-order valence-electron chi connectivity index (χ0n) is 15.8. The maximum Gasteiger partial charge on any atom is 0.168 e. The van der Waals surface area contributed by atoms with Gasteiger partial charge in [0.15, 0.2) is 11.4 Å². The van der Waals surface area contributed by atoms with Gasteiger partial charge in [-0.05, 0) is 29.2 Å². The van der Waals surface area contributed by atoms with Gasteiger partial charge < -0.3 is 0 Å². The molecule has 2 aromatic carbocycles. The lowest BCUT2D eigenvalue weighted by atomic mass is 9.86. The monoisotopic (exact) mass is 397 g/mol. The molecule has 0 N–H and O–H groups in total. The molecule has 4 heteroatoms. The van der Waals surface area contributed by atoms with Crippen LogP contribution in [0.5, 0.6) is 0 Å². The lowest BCUT2D eigenvalue weighted by Gasteiger charge is -2.37. The number of allylic oxidation sites excluding steroid dienone is 3. The van der Waals surface area contributed by atoms with Crippen molar-refractivity contribution in [1.29, 1.82) is 0 Å². The van der Waals surface area contributed by atoms with Gasteiger partial charge in [0.05, 0.1) is 6.54 Å². The van der Waals surface area contributed by atoms with Crippen molar-refractivity contribution in [2.75, 3.05) is 13.1 Å². The van der Waals surface area contributed by atoms with E-state index in [0.717, 1.165) is 35.7 Å². The fourth-order valence-corrected chi connectivity index (χ4v) is 4.42. The van der Waals surface area contributed by atoms with Crippen LogP contribution in [-0.2, 0) is 5.41 Å². The molecule has 0 aromatic heterocycles. The number of nitrogens with zero attached hydrogens (tertiary/aromatic N) is 2. The molecule has 2 heterocycles. The molecule has 2 nitrogen and oxygen atoms in total. The SMILES string of the molecule is CC(C)(C)c1ccc(C2=NCC[N+]3(c4ccc(Cl)cc4Cl)C=CC=C23)cc1. The van der Waals surface area contributed by atoms with Gasteiger partial charge in [0.2, 0.25) is 0 Å². The first-order valence-electron chi connectivity index (χ1n) is 9.20. The van der Waals surface area contributed by atoms with Crippen LogP contribution in [0.4, 0.5) is 5.69 Å². The highest BCUT2D eigenvalue weighted by Crippen LogP contribution is 2.42. The van der Waals surface area contributed by atoms with Gasteiger partial charge in [-0.1, -0.05) is 68.2 Å². The first-order valence-corrected chi connectivity index (χ1v) is 9.96. The molecular weight excluding hydrogens is 375 g/mol. The molecule has 0 bridgehead atoms. The van der Waals surface area contributed by atoms with Crippen LogP contribution in [0.25, 0.3) is 0 Å². The summed E-state index contributed by atoms with van der Waals surface area (Å²) >= 11 is 12.7. The maximum atomic E-state index is 6.59. The van der Waals surface area contributed by atoms with Crippen LogP contribution in [0.1, 0.15) is 31.9 Å². The van der Waals surface area contributed by atoms with Crippen LogP contribution in [-0.4, -0.2) is 18.8 Å². The molecule has 0 saturated carbocycles. The van der Waals surface area contributed by atoms with Gasteiger partial charge in [0.25, 0.3) is 0 Å². The predicted octanol–water partition coefficient (Wildman–Crippen LogP) is 6.51. The van der Waals surface area contributed by atoms with E-state index in [2.05, 4.69) is 63.4 Å². The Hall–Kier alpha value is -1.87. The van der Waals surface area contributed by atoms with Gasteiger partial charge in [0, 0.05) is 22.7 Å². The number of quaternary nitrogens is 1. The van der Waals surface area contributed by atoms with Crippen molar-refractivity contribution < 1.29 is 0 Å². The fraction of sp³-hybridized carbons (Fsp3) is 0.261. The number of aliphatic imine (C=N–C) groups is 1. The Bertz CT molecular complexity index is 978. The van der Waals surface area contributed by atoms with Crippen molar-refractivity contribution in [3.05, 3.63) is 87.7 Å². The van der Waals surface area contributed by atoms with E-state index in [9.17, 15) is 0 Å². The number of hydrogen-bond acceptors (Lipinski definition) is 1. The highest BCUT2D eigenvalue weighted by molar-refractivity contribution is 6.36. The number of fused-ring (bicyclic) bond motifs is 1. The fourth-order valence-electron chi connectivity index (χ4n) is 3.86. The molecule has 2 aliphatic heterocycles. The molecule has 27 heavy (non-hydrogen) atoms. The summed E-state index contributed by atoms with van der Waals surface area (Å²) in [6.07, 6.45) is 6.45. The number of hydrogen-bond donors (Lipinski definition) is 0. The third kappa shape index (κ3) is 3.16. The second kappa shape index (κ2) is 6.63. The van der Waals surface area contributed by atoms with Gasteiger partial charge >= 0.3 is 0 Å². The van der Waals surface area contributed by atoms with Crippen molar-refractivity contribution in [2.45, 2.75) is 26.2 Å². The molecule has 2 aromatic rings. The molecule has 2 aliphatic rings. The summed E-state index contributed by atoms with van der Waals surface area (Å²) in [6, 6.07) is 14.5. The van der Waals surface area contributed by atoms with Crippen LogP contribution in [0.3, 0.4) is 0 Å². The first kappa shape index (κ1) is 18.5. The Labute approximate surface area is 171 Å². The summed E-state index contributed by atoms with van der Waals surface area (Å²) in [5.41, 5.74) is 5.84. The minimum absolute atomic E-state index is 0.137. The van der Waals surface area contributed by atoms with Crippen LogP contribution in [0.15, 0.2) is 71.5 Å². The van der Waals surface area contributed by atoms with E-state index in [1.165, 1.54) is 5.56 Å². The summed E-state index contributed by atoms with van der Waals surface area (Å²) in [6.45, 7) is 8.29. The van der Waals surface area contributed by atoms with Crippen LogP contribution < -0.4 is 4.48 Å². The van der Waals surface area contributed by atoms with E-state index >= 15 is 0 Å². The van der Waals surface area contributed by atoms with Crippen LogP contribution in [0.2, 0.25) is 10.0 Å². The molecule has 4 rings (SSSR count). The third-order valence-electron chi connectivity index (χ3n) is 5.35. The molecule has 1 atom stereocenters. The van der Waals surface area contributed by atoms with Gasteiger partial charge in [-0.25, -0.2) is 4.48 Å². The van der Waals surface area contributed by atoms with Gasteiger partial charge in [-0.15, -0.1) is 0 Å². The predicted molar refractivity (Wildman–Crippen MR) is 117 cm³/mol. The largest absolute Gasteiger partial charge is 0.273 e. The van der Waals surface area contributed by atoms with Crippen molar-refractivity contribution in [2.24, 2.45) is 4.99 Å². The summed E-state index contributed by atoms with van der Waals surface area (Å²) < 4.78 is 0.593. The van der Waals surface area contributed by atoms with E-state index in [-0.39, 0.29) is 5.41 Å². The Morgan fingerprint density at radius 2 is 1.74 bits per heavy atom. The van der Waals surface area contributed by atoms with Crippen LogP contribution >= 0.6 is 23.2 Å². The Kier molecular flexibility index (Phi) is 4.54. The smallest absolute Gasteiger partial charge is 0.168 e. The van der Waals surface area contributed by atoms with E-state index in [4.69, 9.17) is 28.2 Å². The zero-order chi connectivity index (χ0) is 19.2. The second-order valence-electron chi connectivity index (χ2n) is 8.14. The Morgan fingerprint density at radius 3 is 2.41 bits per heavy atom. The molecule has 1 unspecified atom stereocenters. The standard InChI is InChI=1S/C23H23Cl2N2/c1-23(2,3)17-8-6-16(7-9-17)22-21-5-4-13-27(21,14-12-26-22)20-11-10-18(24)15-19(20)25/h4-11,13,15H,12,14H2,1-3H3/q+1. The van der Waals surface area contributed by atoms with Crippen LogP contribution in [0, 0.1) is 0 Å². The van der Waals surface area contributed by atoms with E-state index in [0.29, 0.717) is 14.5 Å². The summed E-state index contributed by atoms with van der Waals surface area (Å²) in [7, 11) is 0.